The Labute approximate surface area is 206 Å². The summed E-state index contributed by atoms with van der Waals surface area (Å²) in [7, 11) is 0. The third-order valence-corrected chi connectivity index (χ3v) is 5.58. The molecule has 0 aliphatic carbocycles. The molecule has 0 aromatic heterocycles. The van der Waals surface area contributed by atoms with Gasteiger partial charge in [-0.1, -0.05) is 91.7 Å². The van der Waals surface area contributed by atoms with Crippen molar-refractivity contribution >= 4 is 0 Å². The molecule has 0 aliphatic rings. The van der Waals surface area contributed by atoms with Crippen LogP contribution >= 0.6 is 0 Å². The summed E-state index contributed by atoms with van der Waals surface area (Å²) in [6.45, 7) is 16.4. The van der Waals surface area contributed by atoms with Crippen LogP contribution in [0.5, 0.6) is 0 Å². The van der Waals surface area contributed by atoms with E-state index in [1.807, 2.05) is 0 Å². The van der Waals surface area contributed by atoms with Gasteiger partial charge in [0.05, 0.1) is 13.2 Å². The molecule has 33 heavy (non-hydrogen) atoms. The van der Waals surface area contributed by atoms with Gasteiger partial charge in [0.2, 0.25) is 0 Å². The van der Waals surface area contributed by atoms with Gasteiger partial charge >= 0.3 is 0 Å². The van der Waals surface area contributed by atoms with E-state index in [0.717, 1.165) is 32.1 Å². The van der Waals surface area contributed by atoms with Crippen LogP contribution in [-0.2, 0) is 9.47 Å². The fraction of sp³-hybridized carbons (Fsp3) is 0.677. The molecule has 2 nitrogen and oxygen atoms in total. The fourth-order valence-corrected chi connectivity index (χ4v) is 3.36. The minimum Gasteiger partial charge on any atom is -0.345 e. The molecule has 0 radical (unpaired) electrons. The molecule has 0 amide bonds. The van der Waals surface area contributed by atoms with Crippen LogP contribution in [0.15, 0.2) is 58.7 Å². The average molecular weight is 459 g/mol. The lowest BCUT2D eigenvalue weighted by Gasteiger charge is -2.14. The van der Waals surface area contributed by atoms with Gasteiger partial charge in [-0.3, -0.25) is 0 Å². The second-order valence-corrected chi connectivity index (χ2v) is 9.76. The molecule has 0 unspecified atom stereocenters. The molecule has 0 fully saturated rings. The highest BCUT2D eigenvalue weighted by Gasteiger charge is 2.04. The van der Waals surface area contributed by atoms with E-state index in [0.29, 0.717) is 13.2 Å². The minimum absolute atomic E-state index is 0.284. The summed E-state index contributed by atoms with van der Waals surface area (Å²) < 4.78 is 12.1. The zero-order valence-corrected chi connectivity index (χ0v) is 23.1. The summed E-state index contributed by atoms with van der Waals surface area (Å²) in [5.41, 5.74) is 5.51. The summed E-state index contributed by atoms with van der Waals surface area (Å²) in [6, 6.07) is 0. The van der Waals surface area contributed by atoms with Crippen LogP contribution in [-0.4, -0.2) is 19.5 Å². The maximum Gasteiger partial charge on any atom is 0.177 e. The Kier molecular flexibility index (Phi) is 21.5. The molecule has 0 spiro atoms. The Hall–Kier alpha value is -1.38. The number of hydrogen-bond donors (Lipinski definition) is 0. The molecular formula is C31H54O2. The summed E-state index contributed by atoms with van der Waals surface area (Å²) in [5.74, 6) is 0. The SMILES string of the molecule is CCCCCCCC/C=C/C(OC/C=C(\C)CCC=C(C)C)OC/C=C(\C)CCC=C(C)C. The first kappa shape index (κ1) is 31.6. The van der Waals surface area contributed by atoms with Crippen molar-refractivity contribution in [1.29, 1.82) is 0 Å². The molecule has 0 heterocycles. The first-order valence-electron chi connectivity index (χ1n) is 13.3. The van der Waals surface area contributed by atoms with Gasteiger partial charge in [-0.25, -0.2) is 0 Å². The van der Waals surface area contributed by atoms with E-state index in [9.17, 15) is 0 Å². The Morgan fingerprint density at radius 1 is 0.606 bits per heavy atom. The molecule has 2 heteroatoms. The van der Waals surface area contributed by atoms with E-state index in [1.54, 1.807) is 0 Å². The molecule has 0 N–H and O–H groups in total. The van der Waals surface area contributed by atoms with Crippen LogP contribution in [0.1, 0.15) is 119 Å². The highest BCUT2D eigenvalue weighted by Crippen LogP contribution is 2.11. The number of ether oxygens (including phenoxy) is 2. The van der Waals surface area contributed by atoms with E-state index < -0.39 is 0 Å². The topological polar surface area (TPSA) is 18.5 Å². The van der Waals surface area contributed by atoms with Gasteiger partial charge in [-0.15, -0.1) is 0 Å². The van der Waals surface area contributed by atoms with Crippen LogP contribution in [0.2, 0.25) is 0 Å². The van der Waals surface area contributed by atoms with Crippen LogP contribution < -0.4 is 0 Å². The zero-order valence-electron chi connectivity index (χ0n) is 23.1. The van der Waals surface area contributed by atoms with Crippen LogP contribution in [0.3, 0.4) is 0 Å². The van der Waals surface area contributed by atoms with Crippen LogP contribution in [0.4, 0.5) is 0 Å². The molecule has 0 aromatic carbocycles. The van der Waals surface area contributed by atoms with E-state index in [2.05, 4.69) is 84.9 Å². The van der Waals surface area contributed by atoms with Crippen molar-refractivity contribution in [3.05, 3.63) is 58.7 Å². The Bertz CT molecular complexity index is 569. The van der Waals surface area contributed by atoms with Crippen molar-refractivity contribution < 1.29 is 9.47 Å². The minimum atomic E-state index is -0.284. The molecule has 0 aromatic rings. The van der Waals surface area contributed by atoms with Crippen molar-refractivity contribution in [3.8, 4) is 0 Å². The standard InChI is InChI=1S/C31H54O2/c1-8-9-10-11-12-13-14-15-22-31(32-25-23-29(6)20-16-18-27(2)3)33-26-24-30(7)21-17-19-28(4)5/h15,18-19,22-24,31H,8-14,16-17,20-21,25-26H2,1-7H3/b22-15+,29-23+,30-24+. The second-order valence-electron chi connectivity index (χ2n) is 9.76. The van der Waals surface area contributed by atoms with E-state index >= 15 is 0 Å². The van der Waals surface area contributed by atoms with Crippen LogP contribution in [0, 0.1) is 0 Å². The van der Waals surface area contributed by atoms with Gasteiger partial charge in [0.1, 0.15) is 0 Å². The van der Waals surface area contributed by atoms with Gasteiger partial charge in [-0.2, -0.15) is 0 Å². The summed E-state index contributed by atoms with van der Waals surface area (Å²) >= 11 is 0. The predicted molar refractivity (Wildman–Crippen MR) is 148 cm³/mol. The smallest absolute Gasteiger partial charge is 0.177 e. The van der Waals surface area contributed by atoms with Gasteiger partial charge in [-0.05, 0) is 86.1 Å². The third-order valence-electron chi connectivity index (χ3n) is 5.58. The Balaban J connectivity index is 4.57. The van der Waals surface area contributed by atoms with Gasteiger partial charge < -0.3 is 9.47 Å². The molecule has 0 aliphatic heterocycles. The van der Waals surface area contributed by atoms with Gasteiger partial charge in [0, 0.05) is 0 Å². The molecule has 0 atom stereocenters. The number of allylic oxidation sites excluding steroid dienone is 7. The van der Waals surface area contributed by atoms with Gasteiger partial charge in [0.15, 0.2) is 6.29 Å². The molecule has 190 valence electrons. The lowest BCUT2D eigenvalue weighted by Crippen LogP contribution is -2.15. The van der Waals surface area contributed by atoms with E-state index in [4.69, 9.17) is 9.47 Å². The first-order chi connectivity index (χ1) is 15.8. The van der Waals surface area contributed by atoms with Crippen LogP contribution in [0.25, 0.3) is 0 Å². The molecule has 0 saturated carbocycles. The summed E-state index contributed by atoms with van der Waals surface area (Å²) in [4.78, 5) is 0. The van der Waals surface area contributed by atoms with E-state index in [1.165, 1.54) is 60.8 Å². The third kappa shape index (κ3) is 23.6. The lowest BCUT2D eigenvalue weighted by atomic mass is 10.1. The maximum atomic E-state index is 6.05. The molecule has 0 bridgehead atoms. The number of hydrogen-bond acceptors (Lipinski definition) is 2. The summed E-state index contributed by atoms with van der Waals surface area (Å²) in [6.07, 6.45) is 26.4. The second kappa shape index (κ2) is 22.4. The maximum absolute atomic E-state index is 6.05. The number of unbranched alkanes of at least 4 members (excludes halogenated alkanes) is 6. The Morgan fingerprint density at radius 2 is 1.09 bits per heavy atom. The summed E-state index contributed by atoms with van der Waals surface area (Å²) in [5, 5.41) is 0. The largest absolute Gasteiger partial charge is 0.345 e. The van der Waals surface area contributed by atoms with Crippen molar-refractivity contribution in [2.75, 3.05) is 13.2 Å². The van der Waals surface area contributed by atoms with E-state index in [-0.39, 0.29) is 6.29 Å². The zero-order chi connectivity index (χ0) is 24.7. The highest BCUT2D eigenvalue weighted by atomic mass is 16.7. The quantitative estimate of drug-likeness (QED) is 0.103. The molecule has 0 saturated heterocycles. The lowest BCUT2D eigenvalue weighted by molar-refractivity contribution is -0.0939. The van der Waals surface area contributed by atoms with Crippen molar-refractivity contribution in [3.63, 3.8) is 0 Å². The molecule has 0 rings (SSSR count). The monoisotopic (exact) mass is 458 g/mol. The number of rotatable bonds is 20. The highest BCUT2D eigenvalue weighted by molar-refractivity contribution is 5.03. The fourth-order valence-electron chi connectivity index (χ4n) is 3.36. The van der Waals surface area contributed by atoms with Gasteiger partial charge in [0.25, 0.3) is 0 Å². The first-order valence-corrected chi connectivity index (χ1v) is 13.3. The Morgan fingerprint density at radius 3 is 1.58 bits per heavy atom. The molecular weight excluding hydrogens is 404 g/mol. The van der Waals surface area contributed by atoms with Crippen molar-refractivity contribution in [2.24, 2.45) is 0 Å². The average Bonchev–Trinajstić information content (AvgIpc) is 2.74. The normalized spacial score (nSPS) is 12.6. The van der Waals surface area contributed by atoms with Crippen molar-refractivity contribution in [1.82, 2.24) is 0 Å². The predicted octanol–water partition coefficient (Wildman–Crippen LogP) is 10.0. The van der Waals surface area contributed by atoms with Crippen molar-refractivity contribution in [2.45, 2.75) is 125 Å².